The SMILES string of the molecule is CS(=O)(=O)Nc1ccc(C(=O)NC(C(=O)NO)c2ccc(-c3ccccc3)cc2)cc1. The lowest BCUT2D eigenvalue weighted by molar-refractivity contribution is -0.131. The highest BCUT2D eigenvalue weighted by Gasteiger charge is 2.23. The van der Waals surface area contributed by atoms with Crippen molar-refractivity contribution in [3.05, 3.63) is 90.0 Å². The molecular weight excluding hydrogens is 418 g/mol. The molecule has 3 rings (SSSR count). The van der Waals surface area contributed by atoms with Gasteiger partial charge in [-0.15, -0.1) is 0 Å². The van der Waals surface area contributed by atoms with Crippen molar-refractivity contribution < 1.29 is 23.2 Å². The van der Waals surface area contributed by atoms with Crippen LogP contribution in [0.2, 0.25) is 0 Å². The van der Waals surface area contributed by atoms with Gasteiger partial charge in [-0.2, -0.15) is 0 Å². The van der Waals surface area contributed by atoms with Gasteiger partial charge in [0.05, 0.1) is 6.26 Å². The maximum Gasteiger partial charge on any atom is 0.270 e. The zero-order valence-electron chi connectivity index (χ0n) is 16.6. The molecule has 3 aromatic carbocycles. The number of nitrogens with one attached hydrogen (secondary N) is 3. The highest BCUT2D eigenvalue weighted by Crippen LogP contribution is 2.22. The lowest BCUT2D eigenvalue weighted by Crippen LogP contribution is -2.39. The second-order valence-corrected chi connectivity index (χ2v) is 8.57. The van der Waals surface area contributed by atoms with Gasteiger partial charge in [-0.25, -0.2) is 13.9 Å². The fourth-order valence-electron chi connectivity index (χ4n) is 2.98. The number of carbonyl (C=O) groups is 2. The van der Waals surface area contributed by atoms with Crippen molar-refractivity contribution in [2.24, 2.45) is 0 Å². The maximum absolute atomic E-state index is 12.6. The molecule has 0 aromatic heterocycles. The summed E-state index contributed by atoms with van der Waals surface area (Å²) in [6, 6.07) is 21.3. The highest BCUT2D eigenvalue weighted by molar-refractivity contribution is 7.92. The molecule has 160 valence electrons. The summed E-state index contributed by atoms with van der Waals surface area (Å²) in [6.45, 7) is 0. The molecule has 0 saturated heterocycles. The first-order valence-electron chi connectivity index (χ1n) is 9.25. The number of amides is 2. The van der Waals surface area contributed by atoms with Gasteiger partial charge in [-0.3, -0.25) is 19.5 Å². The van der Waals surface area contributed by atoms with Crippen LogP contribution in [0, 0.1) is 0 Å². The smallest absolute Gasteiger partial charge is 0.270 e. The molecule has 0 aliphatic heterocycles. The Bertz CT molecular complexity index is 1160. The van der Waals surface area contributed by atoms with Crippen LogP contribution in [0.1, 0.15) is 22.0 Å². The van der Waals surface area contributed by atoms with E-state index < -0.39 is 27.9 Å². The van der Waals surface area contributed by atoms with E-state index in [0.717, 1.165) is 17.4 Å². The van der Waals surface area contributed by atoms with Gasteiger partial charge in [0.25, 0.3) is 11.8 Å². The van der Waals surface area contributed by atoms with Crippen molar-refractivity contribution in [3.63, 3.8) is 0 Å². The number of hydrogen-bond acceptors (Lipinski definition) is 5. The van der Waals surface area contributed by atoms with E-state index in [-0.39, 0.29) is 5.56 Å². The zero-order chi connectivity index (χ0) is 22.4. The number of anilines is 1. The quantitative estimate of drug-likeness (QED) is 0.333. The molecule has 9 heteroatoms. The Kier molecular flexibility index (Phi) is 6.68. The van der Waals surface area contributed by atoms with Crippen molar-refractivity contribution >= 4 is 27.5 Å². The van der Waals surface area contributed by atoms with Gasteiger partial charge in [-0.1, -0.05) is 54.6 Å². The number of hydrogen-bond donors (Lipinski definition) is 4. The molecule has 0 aliphatic carbocycles. The van der Waals surface area contributed by atoms with E-state index in [9.17, 15) is 18.0 Å². The monoisotopic (exact) mass is 439 g/mol. The number of hydroxylamine groups is 1. The lowest BCUT2D eigenvalue weighted by atomic mass is 10.00. The molecule has 31 heavy (non-hydrogen) atoms. The fraction of sp³-hybridized carbons (Fsp3) is 0.0909. The molecule has 0 bridgehead atoms. The normalized spacial score (nSPS) is 11.9. The third-order valence-corrected chi connectivity index (χ3v) is 5.06. The molecular formula is C22H21N3O5S. The van der Waals surface area contributed by atoms with Crippen LogP contribution in [0.5, 0.6) is 0 Å². The third-order valence-electron chi connectivity index (χ3n) is 4.45. The lowest BCUT2D eigenvalue weighted by Gasteiger charge is -2.18. The molecule has 0 radical (unpaired) electrons. The summed E-state index contributed by atoms with van der Waals surface area (Å²) in [6.07, 6.45) is 1.02. The Balaban J connectivity index is 1.78. The van der Waals surface area contributed by atoms with E-state index in [1.165, 1.54) is 24.3 Å². The molecule has 0 fully saturated rings. The van der Waals surface area contributed by atoms with Crippen LogP contribution in [0.4, 0.5) is 5.69 Å². The van der Waals surface area contributed by atoms with Crippen molar-refractivity contribution in [3.8, 4) is 11.1 Å². The van der Waals surface area contributed by atoms with E-state index in [1.54, 1.807) is 17.6 Å². The highest BCUT2D eigenvalue weighted by atomic mass is 32.2. The van der Waals surface area contributed by atoms with E-state index in [4.69, 9.17) is 5.21 Å². The molecule has 1 atom stereocenters. The third kappa shape index (κ3) is 5.91. The van der Waals surface area contributed by atoms with Crippen LogP contribution in [-0.4, -0.2) is 31.7 Å². The summed E-state index contributed by atoms with van der Waals surface area (Å²) >= 11 is 0. The molecule has 0 heterocycles. The zero-order valence-corrected chi connectivity index (χ0v) is 17.4. The predicted molar refractivity (Wildman–Crippen MR) is 117 cm³/mol. The predicted octanol–water partition coefficient (Wildman–Crippen LogP) is 2.70. The van der Waals surface area contributed by atoms with Gasteiger partial charge in [0, 0.05) is 11.3 Å². The fourth-order valence-corrected chi connectivity index (χ4v) is 3.55. The number of sulfonamides is 1. The molecule has 0 aliphatic rings. The van der Waals surface area contributed by atoms with Crippen molar-refractivity contribution in [2.45, 2.75) is 6.04 Å². The van der Waals surface area contributed by atoms with Crippen LogP contribution in [0.25, 0.3) is 11.1 Å². The van der Waals surface area contributed by atoms with E-state index in [0.29, 0.717) is 11.3 Å². The number of rotatable bonds is 7. The van der Waals surface area contributed by atoms with Crippen molar-refractivity contribution in [2.75, 3.05) is 11.0 Å². The van der Waals surface area contributed by atoms with Gasteiger partial charge in [0.1, 0.15) is 6.04 Å². The molecule has 3 aromatic rings. The Hall–Kier alpha value is -3.69. The van der Waals surface area contributed by atoms with Crippen LogP contribution in [-0.2, 0) is 14.8 Å². The topological polar surface area (TPSA) is 125 Å². The summed E-state index contributed by atoms with van der Waals surface area (Å²) in [5.74, 6) is -1.36. The van der Waals surface area contributed by atoms with Crippen LogP contribution in [0.15, 0.2) is 78.9 Å². The first kappa shape index (κ1) is 22.0. The minimum atomic E-state index is -3.43. The average Bonchev–Trinajstić information content (AvgIpc) is 2.77. The Morgan fingerprint density at radius 3 is 1.97 bits per heavy atom. The first-order chi connectivity index (χ1) is 14.8. The average molecular weight is 439 g/mol. The standard InChI is InChI=1S/C22H21N3O5S/c1-31(29,30)25-19-13-11-18(12-14-19)21(26)23-20(22(27)24-28)17-9-7-16(8-10-17)15-5-3-2-4-6-15/h2-14,20,25,28H,1H3,(H,23,26)(H,24,27). The van der Waals surface area contributed by atoms with E-state index in [1.807, 2.05) is 42.5 Å². The second-order valence-electron chi connectivity index (χ2n) is 6.82. The Morgan fingerprint density at radius 1 is 0.839 bits per heavy atom. The van der Waals surface area contributed by atoms with Crippen molar-refractivity contribution in [1.29, 1.82) is 0 Å². The van der Waals surface area contributed by atoms with Crippen LogP contribution in [0.3, 0.4) is 0 Å². The maximum atomic E-state index is 12.6. The molecule has 0 spiro atoms. The molecule has 2 amide bonds. The van der Waals surface area contributed by atoms with Crippen LogP contribution >= 0.6 is 0 Å². The molecule has 1 unspecified atom stereocenters. The van der Waals surface area contributed by atoms with Gasteiger partial charge >= 0.3 is 0 Å². The Labute approximate surface area is 179 Å². The minimum Gasteiger partial charge on any atom is -0.336 e. The summed E-state index contributed by atoms with van der Waals surface area (Å²) in [7, 11) is -3.43. The summed E-state index contributed by atoms with van der Waals surface area (Å²) in [5.41, 5.74) is 4.52. The van der Waals surface area contributed by atoms with Gasteiger partial charge in [0.2, 0.25) is 10.0 Å². The first-order valence-corrected chi connectivity index (χ1v) is 11.1. The van der Waals surface area contributed by atoms with Gasteiger partial charge < -0.3 is 5.32 Å². The summed E-state index contributed by atoms with van der Waals surface area (Å²) < 4.78 is 24.9. The molecule has 8 nitrogen and oxygen atoms in total. The second kappa shape index (κ2) is 9.41. The van der Waals surface area contributed by atoms with Gasteiger partial charge in [0.15, 0.2) is 0 Å². The van der Waals surface area contributed by atoms with E-state index >= 15 is 0 Å². The van der Waals surface area contributed by atoms with Gasteiger partial charge in [-0.05, 0) is 41.0 Å². The van der Waals surface area contributed by atoms with E-state index in [2.05, 4.69) is 10.0 Å². The largest absolute Gasteiger partial charge is 0.336 e. The molecule has 0 saturated carbocycles. The minimum absolute atomic E-state index is 0.218. The number of benzene rings is 3. The summed E-state index contributed by atoms with van der Waals surface area (Å²) in [4.78, 5) is 24.8. The van der Waals surface area contributed by atoms with Crippen LogP contribution < -0.4 is 15.5 Å². The molecule has 4 N–H and O–H groups in total. The summed E-state index contributed by atoms with van der Waals surface area (Å²) in [5, 5.41) is 11.7. The number of carbonyl (C=O) groups excluding carboxylic acids is 2. The Morgan fingerprint density at radius 2 is 1.42 bits per heavy atom. The van der Waals surface area contributed by atoms with Crippen molar-refractivity contribution in [1.82, 2.24) is 10.8 Å².